The van der Waals surface area contributed by atoms with Gasteiger partial charge in [0.25, 0.3) is 0 Å². The second-order valence-corrected chi connectivity index (χ2v) is 1.84. The fourth-order valence-electron chi connectivity index (χ4n) is 0.686. The van der Waals surface area contributed by atoms with Crippen LogP contribution in [-0.2, 0) is 6.42 Å². The third kappa shape index (κ3) is 1.53. The lowest BCUT2D eigenvalue weighted by Crippen LogP contribution is -1.94. The van der Waals surface area contributed by atoms with Crippen LogP contribution in [0.25, 0.3) is 0 Å². The Hall–Kier alpha value is -1.87. The molecule has 0 N–H and O–H groups in total. The van der Waals surface area contributed by atoms with Gasteiger partial charge in [-0.15, -0.1) is 12.3 Å². The predicted molar refractivity (Wildman–Crippen MR) is 39.3 cm³/mol. The molecule has 11 heavy (non-hydrogen) atoms. The molecule has 1 aromatic rings. The molecule has 0 saturated heterocycles. The first kappa shape index (κ1) is 7.24. The summed E-state index contributed by atoms with van der Waals surface area (Å²) in [4.78, 5) is 7.71. The summed E-state index contributed by atoms with van der Waals surface area (Å²) < 4.78 is 0. The average molecular weight is 143 g/mol. The summed E-state index contributed by atoms with van der Waals surface area (Å²) in [5.41, 5.74) is 0.878. The Kier molecular flexibility index (Phi) is 2.20. The van der Waals surface area contributed by atoms with E-state index in [1.54, 1.807) is 0 Å². The molecule has 0 saturated carbocycles. The van der Waals surface area contributed by atoms with Gasteiger partial charge in [-0.2, -0.15) is 5.26 Å². The molecule has 0 fully saturated rings. The summed E-state index contributed by atoms with van der Waals surface area (Å²) in [5.74, 6) is 2.41. The molecule has 0 aromatic carbocycles. The highest BCUT2D eigenvalue weighted by atomic mass is 14.8. The average Bonchev–Trinajstić information content (AvgIpc) is 2.06. The topological polar surface area (TPSA) is 49.6 Å². The van der Waals surface area contributed by atoms with Gasteiger partial charge in [0.15, 0.2) is 5.69 Å². The van der Waals surface area contributed by atoms with E-state index in [1.807, 2.05) is 6.07 Å². The molecular formula is C8H5N3. The summed E-state index contributed by atoms with van der Waals surface area (Å²) >= 11 is 0. The van der Waals surface area contributed by atoms with Crippen LogP contribution in [0, 0.1) is 23.7 Å². The van der Waals surface area contributed by atoms with Crippen LogP contribution in [0.4, 0.5) is 0 Å². The van der Waals surface area contributed by atoms with Gasteiger partial charge in [0, 0.05) is 12.4 Å². The molecule has 0 unspecified atom stereocenters. The monoisotopic (exact) mass is 143 g/mol. The maximum atomic E-state index is 8.52. The van der Waals surface area contributed by atoms with E-state index in [2.05, 4.69) is 15.9 Å². The van der Waals surface area contributed by atoms with Crippen LogP contribution >= 0.6 is 0 Å². The molecule has 0 spiro atoms. The molecule has 1 heterocycles. The Morgan fingerprint density at radius 3 is 2.82 bits per heavy atom. The Bertz CT molecular complexity index is 330. The standard InChI is InChI=1S/C8H5N3/c1-2-3-7-8(6-9)11-5-4-10-7/h1,4-5H,3H2. The highest BCUT2D eigenvalue weighted by molar-refractivity contribution is 5.27. The van der Waals surface area contributed by atoms with Crippen LogP contribution in [0.2, 0.25) is 0 Å². The largest absolute Gasteiger partial charge is 0.256 e. The lowest BCUT2D eigenvalue weighted by molar-refractivity contribution is 1.05. The molecule has 0 aliphatic carbocycles. The van der Waals surface area contributed by atoms with Crippen molar-refractivity contribution < 1.29 is 0 Å². The van der Waals surface area contributed by atoms with Crippen molar-refractivity contribution in [3.8, 4) is 18.4 Å². The maximum absolute atomic E-state index is 8.52. The van der Waals surface area contributed by atoms with Crippen molar-refractivity contribution in [2.24, 2.45) is 0 Å². The van der Waals surface area contributed by atoms with Gasteiger partial charge in [0.05, 0.1) is 12.1 Å². The third-order valence-electron chi connectivity index (χ3n) is 1.15. The number of rotatable bonds is 1. The summed E-state index contributed by atoms with van der Waals surface area (Å²) in [6.07, 6.45) is 8.41. The Labute approximate surface area is 64.7 Å². The summed E-state index contributed by atoms with van der Waals surface area (Å²) in [7, 11) is 0. The summed E-state index contributed by atoms with van der Waals surface area (Å²) in [6, 6.07) is 1.91. The minimum absolute atomic E-state index is 0.311. The fourth-order valence-corrected chi connectivity index (χ4v) is 0.686. The Morgan fingerprint density at radius 2 is 2.18 bits per heavy atom. The van der Waals surface area contributed by atoms with Crippen LogP contribution < -0.4 is 0 Å². The van der Waals surface area contributed by atoms with Crippen LogP contribution in [0.15, 0.2) is 12.4 Å². The first-order valence-electron chi connectivity index (χ1n) is 3.02. The fraction of sp³-hybridized carbons (Fsp3) is 0.125. The second kappa shape index (κ2) is 3.34. The first-order valence-corrected chi connectivity index (χ1v) is 3.02. The highest BCUT2D eigenvalue weighted by Crippen LogP contribution is 1.98. The van der Waals surface area contributed by atoms with E-state index in [-0.39, 0.29) is 0 Å². The van der Waals surface area contributed by atoms with Crippen LogP contribution in [0.3, 0.4) is 0 Å². The van der Waals surface area contributed by atoms with Gasteiger partial charge in [-0.05, 0) is 0 Å². The van der Waals surface area contributed by atoms with Crippen LogP contribution in [0.1, 0.15) is 11.4 Å². The molecule has 3 nitrogen and oxygen atoms in total. The molecule has 3 heteroatoms. The smallest absolute Gasteiger partial charge is 0.162 e. The molecule has 0 bridgehead atoms. The molecule has 52 valence electrons. The first-order chi connectivity index (χ1) is 5.38. The van der Waals surface area contributed by atoms with Crippen molar-refractivity contribution in [3.63, 3.8) is 0 Å². The number of terminal acetylenes is 1. The second-order valence-electron chi connectivity index (χ2n) is 1.84. The molecule has 0 amide bonds. The van der Waals surface area contributed by atoms with Crippen molar-refractivity contribution in [2.75, 3.05) is 0 Å². The van der Waals surface area contributed by atoms with Gasteiger partial charge in [0.2, 0.25) is 0 Å². The van der Waals surface area contributed by atoms with Crippen LogP contribution in [0.5, 0.6) is 0 Å². The van der Waals surface area contributed by atoms with E-state index in [0.29, 0.717) is 17.8 Å². The Balaban J connectivity index is 3.07. The molecule has 0 aliphatic heterocycles. The molecule has 0 radical (unpaired) electrons. The van der Waals surface area contributed by atoms with Crippen molar-refractivity contribution in [3.05, 3.63) is 23.8 Å². The molecular weight excluding hydrogens is 138 g/mol. The van der Waals surface area contributed by atoms with Crippen molar-refractivity contribution >= 4 is 0 Å². The lowest BCUT2D eigenvalue weighted by Gasteiger charge is -1.93. The van der Waals surface area contributed by atoms with Gasteiger partial charge in [-0.1, -0.05) is 0 Å². The minimum atomic E-state index is 0.311. The number of nitriles is 1. The van der Waals surface area contributed by atoms with Gasteiger partial charge in [-0.25, -0.2) is 4.98 Å². The van der Waals surface area contributed by atoms with Crippen LogP contribution in [-0.4, -0.2) is 9.97 Å². The van der Waals surface area contributed by atoms with Crippen molar-refractivity contribution in [2.45, 2.75) is 6.42 Å². The molecule has 1 rings (SSSR count). The zero-order chi connectivity index (χ0) is 8.10. The molecule has 0 atom stereocenters. The van der Waals surface area contributed by atoms with Crippen molar-refractivity contribution in [1.82, 2.24) is 9.97 Å². The van der Waals surface area contributed by atoms with Gasteiger partial charge in [0.1, 0.15) is 6.07 Å². The normalized spacial score (nSPS) is 8.18. The summed E-state index contributed by atoms with van der Waals surface area (Å²) in [6.45, 7) is 0. The summed E-state index contributed by atoms with van der Waals surface area (Å²) in [5, 5.41) is 8.52. The zero-order valence-corrected chi connectivity index (χ0v) is 5.78. The molecule has 1 aromatic heterocycles. The molecule has 0 aliphatic rings. The lowest BCUT2D eigenvalue weighted by atomic mass is 10.2. The SMILES string of the molecule is C#CCc1nccnc1C#N. The number of hydrogen-bond donors (Lipinski definition) is 0. The van der Waals surface area contributed by atoms with E-state index < -0.39 is 0 Å². The third-order valence-corrected chi connectivity index (χ3v) is 1.15. The van der Waals surface area contributed by atoms with E-state index in [9.17, 15) is 0 Å². The van der Waals surface area contributed by atoms with E-state index in [1.165, 1.54) is 12.4 Å². The zero-order valence-electron chi connectivity index (χ0n) is 5.78. The van der Waals surface area contributed by atoms with E-state index >= 15 is 0 Å². The predicted octanol–water partition coefficient (Wildman–Crippen LogP) is 0.524. The van der Waals surface area contributed by atoms with E-state index in [0.717, 1.165) is 0 Å². The Morgan fingerprint density at radius 1 is 1.45 bits per heavy atom. The van der Waals surface area contributed by atoms with Gasteiger partial charge >= 0.3 is 0 Å². The number of hydrogen-bond acceptors (Lipinski definition) is 3. The quantitative estimate of drug-likeness (QED) is 0.538. The highest BCUT2D eigenvalue weighted by Gasteiger charge is 2.00. The maximum Gasteiger partial charge on any atom is 0.162 e. The number of aromatic nitrogens is 2. The van der Waals surface area contributed by atoms with Crippen molar-refractivity contribution in [1.29, 1.82) is 5.26 Å². The van der Waals surface area contributed by atoms with E-state index in [4.69, 9.17) is 11.7 Å². The van der Waals surface area contributed by atoms with Gasteiger partial charge in [-0.3, -0.25) is 4.98 Å². The minimum Gasteiger partial charge on any atom is -0.256 e. The van der Waals surface area contributed by atoms with Gasteiger partial charge < -0.3 is 0 Å². The number of nitrogens with zero attached hydrogens (tertiary/aromatic N) is 3.